The number of hydrogen-bond acceptors (Lipinski definition) is 3. The van der Waals surface area contributed by atoms with Gasteiger partial charge in [0.1, 0.15) is 0 Å². The van der Waals surface area contributed by atoms with Crippen LogP contribution in [0.5, 0.6) is 0 Å². The molecular weight excluding hydrogens is 200 g/mol. The minimum absolute atomic E-state index is 0.158. The smallest absolute Gasteiger partial charge is 0.222 e. The number of carbonyl (C=O) groups excluding carboxylic acids is 1. The Morgan fingerprint density at radius 1 is 1.36 bits per heavy atom. The van der Waals surface area contributed by atoms with Crippen LogP contribution in [-0.2, 0) is 15.6 Å². The largest absolute Gasteiger partial charge is 0.349 e. The molecular formula is C9H20N2O2S. The standard InChI is InChI=1S/C9H20N2O2S/c1-11(2)9(12)5-4-6-10-7-8-14(3)13/h10H,4-8H2,1-3H3. The van der Waals surface area contributed by atoms with Crippen LogP contribution in [0, 0.1) is 0 Å². The van der Waals surface area contributed by atoms with Crippen LogP contribution in [0.15, 0.2) is 0 Å². The number of hydrogen-bond donors (Lipinski definition) is 1. The lowest BCUT2D eigenvalue weighted by Crippen LogP contribution is -2.25. The molecule has 1 N–H and O–H groups in total. The van der Waals surface area contributed by atoms with Crippen molar-refractivity contribution < 1.29 is 9.00 Å². The van der Waals surface area contributed by atoms with Gasteiger partial charge >= 0.3 is 0 Å². The highest BCUT2D eigenvalue weighted by molar-refractivity contribution is 7.84. The summed E-state index contributed by atoms with van der Waals surface area (Å²) in [6.07, 6.45) is 3.11. The van der Waals surface area contributed by atoms with Gasteiger partial charge in [-0.05, 0) is 13.0 Å². The summed E-state index contributed by atoms with van der Waals surface area (Å²) in [6.45, 7) is 1.58. The molecule has 1 unspecified atom stereocenters. The first-order valence-corrected chi connectivity index (χ1v) is 6.47. The SMILES string of the molecule is CN(C)C(=O)CCCNCCS(C)=O. The lowest BCUT2D eigenvalue weighted by molar-refractivity contribution is -0.128. The fourth-order valence-electron chi connectivity index (χ4n) is 0.929. The molecule has 0 heterocycles. The third kappa shape index (κ3) is 8.19. The van der Waals surface area contributed by atoms with Crippen molar-refractivity contribution in [3.8, 4) is 0 Å². The van der Waals surface area contributed by atoms with Gasteiger partial charge in [0.05, 0.1) is 0 Å². The first-order chi connectivity index (χ1) is 6.54. The molecule has 0 aromatic carbocycles. The van der Waals surface area contributed by atoms with Gasteiger partial charge in [0.15, 0.2) is 0 Å². The molecule has 0 spiro atoms. The number of nitrogens with zero attached hydrogens (tertiary/aromatic N) is 1. The maximum Gasteiger partial charge on any atom is 0.222 e. The fraction of sp³-hybridized carbons (Fsp3) is 0.889. The summed E-state index contributed by atoms with van der Waals surface area (Å²) in [4.78, 5) is 12.7. The molecule has 0 aliphatic carbocycles. The fourth-order valence-corrected chi connectivity index (χ4v) is 1.36. The lowest BCUT2D eigenvalue weighted by Gasteiger charge is -2.09. The quantitative estimate of drug-likeness (QED) is 0.606. The summed E-state index contributed by atoms with van der Waals surface area (Å²) in [6, 6.07) is 0. The molecule has 0 bridgehead atoms. The highest BCUT2D eigenvalue weighted by Crippen LogP contribution is 1.91. The third-order valence-electron chi connectivity index (χ3n) is 1.81. The molecule has 0 saturated heterocycles. The van der Waals surface area contributed by atoms with Gasteiger partial charge in [-0.15, -0.1) is 0 Å². The Labute approximate surface area is 88.5 Å². The van der Waals surface area contributed by atoms with E-state index in [1.807, 2.05) is 0 Å². The van der Waals surface area contributed by atoms with Gasteiger partial charge in [-0.3, -0.25) is 9.00 Å². The molecule has 1 atom stereocenters. The molecule has 0 aliphatic heterocycles. The number of nitrogens with one attached hydrogen (secondary N) is 1. The molecule has 0 saturated carbocycles. The molecule has 5 heteroatoms. The van der Waals surface area contributed by atoms with Crippen LogP contribution < -0.4 is 5.32 Å². The Bertz CT molecular complexity index is 195. The highest BCUT2D eigenvalue weighted by atomic mass is 32.2. The van der Waals surface area contributed by atoms with E-state index >= 15 is 0 Å². The van der Waals surface area contributed by atoms with Crippen molar-refractivity contribution in [2.24, 2.45) is 0 Å². The normalized spacial score (nSPS) is 12.5. The first kappa shape index (κ1) is 13.6. The van der Waals surface area contributed by atoms with Crippen molar-refractivity contribution >= 4 is 16.7 Å². The Morgan fingerprint density at radius 3 is 2.50 bits per heavy atom. The third-order valence-corrected chi connectivity index (χ3v) is 2.59. The summed E-state index contributed by atoms with van der Waals surface area (Å²) < 4.78 is 10.7. The second-order valence-corrected chi connectivity index (χ2v) is 4.97. The van der Waals surface area contributed by atoms with Crippen LogP contribution in [0.1, 0.15) is 12.8 Å². The van der Waals surface area contributed by atoms with E-state index in [4.69, 9.17) is 0 Å². The van der Waals surface area contributed by atoms with Crippen molar-refractivity contribution in [1.29, 1.82) is 0 Å². The van der Waals surface area contributed by atoms with Gasteiger partial charge in [0.2, 0.25) is 5.91 Å². The van der Waals surface area contributed by atoms with Crippen molar-refractivity contribution in [2.75, 3.05) is 39.2 Å². The average Bonchev–Trinajstić information content (AvgIpc) is 2.09. The molecule has 84 valence electrons. The molecule has 0 aromatic heterocycles. The summed E-state index contributed by atoms with van der Waals surface area (Å²) >= 11 is 0. The summed E-state index contributed by atoms with van der Waals surface area (Å²) in [5, 5.41) is 3.15. The minimum Gasteiger partial charge on any atom is -0.349 e. The Morgan fingerprint density at radius 2 is 2.00 bits per heavy atom. The second kappa shape index (κ2) is 7.94. The van der Waals surface area contributed by atoms with Crippen LogP contribution in [0.3, 0.4) is 0 Å². The van der Waals surface area contributed by atoms with Crippen molar-refractivity contribution in [3.63, 3.8) is 0 Å². The monoisotopic (exact) mass is 220 g/mol. The van der Waals surface area contributed by atoms with E-state index in [0.29, 0.717) is 12.2 Å². The molecule has 0 aliphatic rings. The van der Waals surface area contributed by atoms with E-state index < -0.39 is 10.8 Å². The van der Waals surface area contributed by atoms with Crippen molar-refractivity contribution in [2.45, 2.75) is 12.8 Å². The second-order valence-electron chi connectivity index (χ2n) is 3.42. The van der Waals surface area contributed by atoms with Crippen LogP contribution in [0.25, 0.3) is 0 Å². The van der Waals surface area contributed by atoms with Gasteiger partial charge in [-0.25, -0.2) is 0 Å². The van der Waals surface area contributed by atoms with Gasteiger partial charge in [-0.2, -0.15) is 0 Å². The van der Waals surface area contributed by atoms with Crippen LogP contribution in [-0.4, -0.2) is 54.2 Å². The van der Waals surface area contributed by atoms with Crippen molar-refractivity contribution in [3.05, 3.63) is 0 Å². The average molecular weight is 220 g/mol. The van der Waals surface area contributed by atoms with Crippen molar-refractivity contribution in [1.82, 2.24) is 10.2 Å². The molecule has 1 amide bonds. The number of amides is 1. The predicted molar refractivity (Wildman–Crippen MR) is 59.7 cm³/mol. The molecule has 0 radical (unpaired) electrons. The predicted octanol–water partition coefficient (Wildman–Crippen LogP) is -0.177. The Kier molecular flexibility index (Phi) is 7.70. The molecule has 0 aromatic rings. The number of rotatable bonds is 7. The zero-order chi connectivity index (χ0) is 11.0. The van der Waals surface area contributed by atoms with E-state index in [1.54, 1.807) is 25.3 Å². The van der Waals surface area contributed by atoms with Gasteiger partial charge in [-0.1, -0.05) is 0 Å². The maximum absolute atomic E-state index is 11.1. The topological polar surface area (TPSA) is 49.4 Å². The summed E-state index contributed by atoms with van der Waals surface area (Å²) in [7, 11) is 2.80. The van der Waals surface area contributed by atoms with Gasteiger partial charge < -0.3 is 10.2 Å². The van der Waals surface area contributed by atoms with E-state index in [0.717, 1.165) is 19.5 Å². The van der Waals surface area contributed by atoms with Gasteiger partial charge in [0.25, 0.3) is 0 Å². The highest BCUT2D eigenvalue weighted by Gasteiger charge is 2.02. The van der Waals surface area contributed by atoms with Crippen LogP contribution in [0.4, 0.5) is 0 Å². The Balaban J connectivity index is 3.22. The summed E-state index contributed by atoms with van der Waals surface area (Å²) in [5.74, 6) is 0.840. The van der Waals surface area contributed by atoms with Crippen LogP contribution in [0.2, 0.25) is 0 Å². The lowest BCUT2D eigenvalue weighted by atomic mass is 10.3. The maximum atomic E-state index is 11.1. The minimum atomic E-state index is -0.725. The van der Waals surface area contributed by atoms with E-state index in [-0.39, 0.29) is 5.91 Å². The zero-order valence-electron chi connectivity index (χ0n) is 9.21. The summed E-state index contributed by atoms with van der Waals surface area (Å²) in [5.41, 5.74) is 0. The zero-order valence-corrected chi connectivity index (χ0v) is 10.0. The van der Waals surface area contributed by atoms with E-state index in [2.05, 4.69) is 5.32 Å². The molecule has 4 nitrogen and oxygen atoms in total. The first-order valence-electron chi connectivity index (χ1n) is 4.75. The molecule has 14 heavy (non-hydrogen) atoms. The molecule has 0 fully saturated rings. The Hall–Kier alpha value is -0.420. The molecule has 0 rings (SSSR count). The van der Waals surface area contributed by atoms with Crippen LogP contribution >= 0.6 is 0 Å². The number of carbonyl (C=O) groups is 1. The van der Waals surface area contributed by atoms with E-state index in [9.17, 15) is 9.00 Å². The van der Waals surface area contributed by atoms with Gasteiger partial charge in [0, 0.05) is 49.9 Å². The van der Waals surface area contributed by atoms with E-state index in [1.165, 1.54) is 0 Å².